The van der Waals surface area contributed by atoms with Crippen LogP contribution in [0.4, 0.5) is 17.5 Å². The summed E-state index contributed by atoms with van der Waals surface area (Å²) in [5.74, 6) is 5.21. The highest BCUT2D eigenvalue weighted by molar-refractivity contribution is 6.14. The quantitative estimate of drug-likeness (QED) is 0.143. The highest BCUT2D eigenvalue weighted by Gasteiger charge is 2.52. The first kappa shape index (κ1) is 45.5. The molecule has 9 nitrogen and oxygen atoms in total. The fraction of sp³-hybridized carbons (Fsp3) is 0.300. The Balaban J connectivity index is 1.13. The van der Waals surface area contributed by atoms with Gasteiger partial charge in [0, 0.05) is 33.4 Å². The third-order valence-electron chi connectivity index (χ3n) is 15.8. The number of hydrogen-bond acceptors (Lipinski definition) is 9. The van der Waals surface area contributed by atoms with Crippen molar-refractivity contribution in [1.29, 1.82) is 0 Å². The number of pyridine rings is 3. The summed E-state index contributed by atoms with van der Waals surface area (Å²) in [6.45, 7) is 26.7. The molecule has 6 heterocycles. The summed E-state index contributed by atoms with van der Waals surface area (Å²) in [5, 5.41) is 0. The molecule has 348 valence electrons. The van der Waals surface area contributed by atoms with Crippen LogP contribution in [0.15, 0.2) is 179 Å². The minimum Gasteiger partial charge on any atom is -0.303 e. The van der Waals surface area contributed by atoms with E-state index in [4.69, 9.17) is 29.9 Å². The molecule has 0 radical (unpaired) electrons. The molecule has 0 saturated heterocycles. The predicted octanol–water partition coefficient (Wildman–Crippen LogP) is 13.3. The minimum absolute atomic E-state index is 0.384. The number of hydrogen-bond donors (Lipinski definition) is 0. The summed E-state index contributed by atoms with van der Waals surface area (Å²) in [6.07, 6.45) is 0. The molecule has 0 saturated carbocycles. The first-order chi connectivity index (χ1) is 32.7. The molecule has 0 N–H and O–H groups in total. The molecule has 0 amide bonds. The highest BCUT2D eigenvalue weighted by Crippen LogP contribution is 2.46. The number of amidine groups is 3. The van der Waals surface area contributed by atoms with Crippen molar-refractivity contribution in [2.75, 3.05) is 14.7 Å². The number of benzene rings is 4. The van der Waals surface area contributed by atoms with Crippen LogP contribution in [0, 0.1) is 0 Å². The molecular formula is C60H63N9. The van der Waals surface area contributed by atoms with Crippen LogP contribution in [0.1, 0.15) is 99.8 Å². The SMILES string of the molecule is CC1(C)N=C(c2ccccc2)N(c2cccc(-c3cc(-c4cccc(N5C(c6ccccc6)=NC(C)(C)C5(C)C)n4)cc(-c4cccc(N5C(c6ccccc6)=NC(C)(C)C5(C)C)n4)c3)n2)C1(C)C. The summed E-state index contributed by atoms with van der Waals surface area (Å²) in [7, 11) is 0. The van der Waals surface area contributed by atoms with Crippen molar-refractivity contribution in [2.45, 2.75) is 116 Å². The van der Waals surface area contributed by atoms with Crippen LogP contribution in [-0.2, 0) is 0 Å². The second-order valence-corrected chi connectivity index (χ2v) is 21.7. The zero-order valence-electron chi connectivity index (χ0n) is 42.1. The van der Waals surface area contributed by atoms with Gasteiger partial charge in [-0.15, -0.1) is 0 Å². The van der Waals surface area contributed by atoms with Crippen molar-refractivity contribution in [2.24, 2.45) is 15.0 Å². The van der Waals surface area contributed by atoms with Crippen molar-refractivity contribution in [1.82, 2.24) is 15.0 Å². The molecule has 0 spiro atoms. The first-order valence-electron chi connectivity index (χ1n) is 24.1. The van der Waals surface area contributed by atoms with Gasteiger partial charge in [0.25, 0.3) is 0 Å². The van der Waals surface area contributed by atoms with E-state index in [9.17, 15) is 0 Å². The van der Waals surface area contributed by atoms with Gasteiger partial charge in [0.2, 0.25) is 0 Å². The Kier molecular flexibility index (Phi) is 10.7. The van der Waals surface area contributed by atoms with Crippen LogP contribution in [0.2, 0.25) is 0 Å². The lowest BCUT2D eigenvalue weighted by atomic mass is 9.83. The maximum absolute atomic E-state index is 5.51. The third-order valence-corrected chi connectivity index (χ3v) is 15.8. The largest absolute Gasteiger partial charge is 0.303 e. The van der Waals surface area contributed by atoms with E-state index < -0.39 is 0 Å². The second-order valence-electron chi connectivity index (χ2n) is 21.7. The standard InChI is InChI=1S/C60H63N9/c1-55(2)58(7,8)67(52(64-55)40-25-16-13-17-26-40)49-34-22-31-46(61-49)43-37-44(47-32-23-35-50(62-47)68-53(41-27-18-14-19-28-41)65-56(3,4)59(68,9)10)39-45(38-43)48-33-24-36-51(63-48)69-54(42-29-20-15-21-30-42)66-57(5,6)60(69,11)12/h13-39H,1-12H3. The Labute approximate surface area is 408 Å². The van der Waals surface area contributed by atoms with Gasteiger partial charge in [0.15, 0.2) is 0 Å². The van der Waals surface area contributed by atoms with Gasteiger partial charge < -0.3 is 14.7 Å². The van der Waals surface area contributed by atoms with Crippen LogP contribution in [-0.4, -0.2) is 65.7 Å². The van der Waals surface area contributed by atoms with E-state index in [0.29, 0.717) is 0 Å². The molecule has 7 aromatic rings. The molecule has 0 unspecified atom stereocenters. The van der Waals surface area contributed by atoms with Gasteiger partial charge in [0.05, 0.1) is 50.3 Å². The molecule has 0 aliphatic carbocycles. The lowest BCUT2D eigenvalue weighted by molar-refractivity contribution is 0.337. The summed E-state index contributed by atoms with van der Waals surface area (Å²) in [6, 6.07) is 56.9. The third kappa shape index (κ3) is 7.54. The Bertz CT molecular complexity index is 2830. The van der Waals surface area contributed by atoms with E-state index in [1.54, 1.807) is 0 Å². The van der Waals surface area contributed by atoms with Gasteiger partial charge in [-0.25, -0.2) is 15.0 Å². The van der Waals surface area contributed by atoms with E-state index in [-0.39, 0.29) is 33.2 Å². The summed E-state index contributed by atoms with van der Waals surface area (Å²) in [4.78, 5) is 39.5. The van der Waals surface area contributed by atoms with Crippen molar-refractivity contribution in [3.8, 4) is 33.8 Å². The molecule has 4 aromatic carbocycles. The Hall–Kier alpha value is -7.26. The summed E-state index contributed by atoms with van der Waals surface area (Å²) >= 11 is 0. The van der Waals surface area contributed by atoms with E-state index in [2.05, 4.69) is 243 Å². The average molecular weight is 910 g/mol. The predicted molar refractivity (Wildman–Crippen MR) is 287 cm³/mol. The van der Waals surface area contributed by atoms with Crippen LogP contribution in [0.3, 0.4) is 0 Å². The minimum atomic E-state index is -0.384. The van der Waals surface area contributed by atoms with E-state index in [1.165, 1.54) is 0 Å². The lowest BCUT2D eigenvalue weighted by Gasteiger charge is -2.41. The van der Waals surface area contributed by atoms with Gasteiger partial charge in [-0.1, -0.05) is 109 Å². The normalized spacial score (nSPS) is 19.3. The summed E-state index contributed by atoms with van der Waals surface area (Å²) in [5.41, 5.74) is 6.19. The Morgan fingerprint density at radius 1 is 0.275 bits per heavy atom. The van der Waals surface area contributed by atoms with Crippen LogP contribution in [0.5, 0.6) is 0 Å². The zero-order valence-corrected chi connectivity index (χ0v) is 42.1. The van der Waals surface area contributed by atoms with Gasteiger partial charge in [-0.05, 0) is 138 Å². The van der Waals surface area contributed by atoms with Gasteiger partial charge in [0.1, 0.15) is 35.0 Å². The number of aromatic nitrogens is 3. The van der Waals surface area contributed by atoms with E-state index in [0.717, 1.165) is 85.4 Å². The Morgan fingerprint density at radius 2 is 0.522 bits per heavy atom. The first-order valence-corrected chi connectivity index (χ1v) is 24.1. The molecule has 0 fully saturated rings. The highest BCUT2D eigenvalue weighted by atomic mass is 15.4. The number of rotatable bonds is 9. The molecule has 69 heavy (non-hydrogen) atoms. The molecule has 10 rings (SSSR count). The smallest absolute Gasteiger partial charge is 0.137 e. The van der Waals surface area contributed by atoms with Crippen LogP contribution < -0.4 is 14.7 Å². The van der Waals surface area contributed by atoms with Crippen molar-refractivity contribution < 1.29 is 0 Å². The Morgan fingerprint density at radius 3 is 0.768 bits per heavy atom. The topological polar surface area (TPSA) is 85.5 Å². The number of aliphatic imine (C=N–C) groups is 3. The van der Waals surface area contributed by atoms with Crippen LogP contribution in [0.25, 0.3) is 33.8 Å². The second kappa shape index (κ2) is 16.2. The lowest BCUT2D eigenvalue weighted by Crippen LogP contribution is -2.53. The molecule has 3 aliphatic rings. The molecule has 9 heteroatoms. The maximum Gasteiger partial charge on any atom is 0.137 e. The zero-order chi connectivity index (χ0) is 48.7. The van der Waals surface area contributed by atoms with Crippen molar-refractivity contribution in [3.63, 3.8) is 0 Å². The molecular weight excluding hydrogens is 847 g/mol. The van der Waals surface area contributed by atoms with Gasteiger partial charge >= 0.3 is 0 Å². The molecule has 3 aromatic heterocycles. The van der Waals surface area contributed by atoms with Gasteiger partial charge in [-0.2, -0.15) is 0 Å². The maximum atomic E-state index is 5.51. The monoisotopic (exact) mass is 910 g/mol. The molecule has 3 aliphatic heterocycles. The number of anilines is 3. The number of nitrogens with zero attached hydrogens (tertiary/aromatic N) is 9. The van der Waals surface area contributed by atoms with Crippen LogP contribution >= 0.6 is 0 Å². The van der Waals surface area contributed by atoms with E-state index >= 15 is 0 Å². The fourth-order valence-corrected chi connectivity index (χ4v) is 9.69. The molecule has 0 atom stereocenters. The van der Waals surface area contributed by atoms with Crippen molar-refractivity contribution in [3.05, 3.63) is 180 Å². The average Bonchev–Trinajstić information content (AvgIpc) is 3.76. The van der Waals surface area contributed by atoms with Crippen molar-refractivity contribution >= 4 is 35.0 Å². The van der Waals surface area contributed by atoms with E-state index in [1.807, 2.05) is 18.2 Å². The summed E-state index contributed by atoms with van der Waals surface area (Å²) < 4.78 is 0. The van der Waals surface area contributed by atoms with Gasteiger partial charge in [-0.3, -0.25) is 15.0 Å². The fourth-order valence-electron chi connectivity index (χ4n) is 9.69. The molecule has 0 bridgehead atoms.